The first kappa shape index (κ1) is 16.6. The summed E-state index contributed by atoms with van der Waals surface area (Å²) >= 11 is 4.97. The van der Waals surface area contributed by atoms with Crippen molar-refractivity contribution in [3.8, 4) is 17.1 Å². The van der Waals surface area contributed by atoms with Gasteiger partial charge in [0.1, 0.15) is 0 Å². The average Bonchev–Trinajstić information content (AvgIpc) is 3.06. The highest BCUT2D eigenvalue weighted by Gasteiger charge is 2.27. The standard InChI is InChI=1S/C19H14BrN5OS/c1-27-19-23-18-16(24-25-19)12-8-10(20)6-7-15(12)22-17(26-18)13-9-21-14-5-3-2-4-11(13)14/h2-9,17,21-22H,1H3/t17-/m0/s1. The van der Waals surface area contributed by atoms with Gasteiger partial charge in [0.2, 0.25) is 11.0 Å². The molecule has 1 aliphatic heterocycles. The largest absolute Gasteiger partial charge is 0.448 e. The van der Waals surface area contributed by atoms with E-state index in [1.807, 2.05) is 48.9 Å². The molecule has 2 aromatic carbocycles. The fourth-order valence-corrected chi connectivity index (χ4v) is 3.87. The summed E-state index contributed by atoms with van der Waals surface area (Å²) in [6.45, 7) is 0. The Balaban J connectivity index is 1.70. The van der Waals surface area contributed by atoms with E-state index in [0.717, 1.165) is 32.2 Å². The van der Waals surface area contributed by atoms with Gasteiger partial charge in [0.25, 0.3) is 0 Å². The number of rotatable bonds is 2. The molecule has 0 fully saturated rings. The fraction of sp³-hybridized carbons (Fsp3) is 0.105. The summed E-state index contributed by atoms with van der Waals surface area (Å²) in [6, 6.07) is 14.1. The Morgan fingerprint density at radius 2 is 2.04 bits per heavy atom. The molecule has 4 aromatic rings. The van der Waals surface area contributed by atoms with Crippen LogP contribution in [0.5, 0.6) is 5.88 Å². The van der Waals surface area contributed by atoms with E-state index in [-0.39, 0.29) is 0 Å². The van der Waals surface area contributed by atoms with Crippen LogP contribution in [0.25, 0.3) is 22.2 Å². The molecule has 5 rings (SSSR count). The molecule has 2 aromatic heterocycles. The number of anilines is 1. The van der Waals surface area contributed by atoms with Crippen LogP contribution in [0.3, 0.4) is 0 Å². The second-order valence-electron chi connectivity index (χ2n) is 6.07. The predicted octanol–water partition coefficient (Wildman–Crippen LogP) is 5.01. The molecule has 0 unspecified atom stereocenters. The van der Waals surface area contributed by atoms with Crippen LogP contribution in [0.2, 0.25) is 0 Å². The molecule has 6 nitrogen and oxygen atoms in total. The van der Waals surface area contributed by atoms with Crippen LogP contribution < -0.4 is 10.1 Å². The van der Waals surface area contributed by atoms with Crippen molar-refractivity contribution in [1.82, 2.24) is 20.2 Å². The predicted molar refractivity (Wildman–Crippen MR) is 110 cm³/mol. The summed E-state index contributed by atoms with van der Waals surface area (Å²) in [7, 11) is 0. The molecule has 0 amide bonds. The molecule has 0 bridgehead atoms. The van der Waals surface area contributed by atoms with Crippen molar-refractivity contribution in [2.75, 3.05) is 11.6 Å². The van der Waals surface area contributed by atoms with E-state index in [1.54, 1.807) is 0 Å². The number of aromatic amines is 1. The molecule has 0 aliphatic carbocycles. The van der Waals surface area contributed by atoms with Crippen molar-refractivity contribution >= 4 is 44.3 Å². The quantitative estimate of drug-likeness (QED) is 0.427. The molecule has 0 spiro atoms. The average molecular weight is 440 g/mol. The molecular formula is C19H14BrN5OS. The Hall–Kier alpha value is -2.58. The number of thioether (sulfide) groups is 1. The van der Waals surface area contributed by atoms with Crippen molar-refractivity contribution in [3.63, 3.8) is 0 Å². The number of nitrogens with zero attached hydrogens (tertiary/aromatic N) is 3. The number of fused-ring (bicyclic) bond motifs is 4. The van der Waals surface area contributed by atoms with Crippen LogP contribution in [0.15, 0.2) is 58.3 Å². The van der Waals surface area contributed by atoms with Gasteiger partial charge in [0, 0.05) is 38.4 Å². The fourth-order valence-electron chi connectivity index (χ4n) is 3.21. The van der Waals surface area contributed by atoms with Gasteiger partial charge in [-0.15, -0.1) is 10.2 Å². The lowest BCUT2D eigenvalue weighted by molar-refractivity contribution is 0.226. The Kier molecular flexibility index (Phi) is 4.02. The minimum atomic E-state index is -0.409. The van der Waals surface area contributed by atoms with Crippen molar-refractivity contribution < 1.29 is 4.74 Å². The Morgan fingerprint density at radius 3 is 2.93 bits per heavy atom. The van der Waals surface area contributed by atoms with Crippen molar-refractivity contribution in [1.29, 1.82) is 0 Å². The molecule has 0 radical (unpaired) electrons. The molecule has 0 saturated carbocycles. The third-order valence-electron chi connectivity index (χ3n) is 4.47. The first-order valence-electron chi connectivity index (χ1n) is 8.31. The lowest BCUT2D eigenvalue weighted by atomic mass is 10.1. The lowest BCUT2D eigenvalue weighted by Gasteiger charge is -2.18. The Morgan fingerprint density at radius 1 is 1.15 bits per heavy atom. The van der Waals surface area contributed by atoms with E-state index >= 15 is 0 Å². The second kappa shape index (κ2) is 6.54. The highest BCUT2D eigenvalue weighted by Crippen LogP contribution is 2.41. The normalized spacial score (nSPS) is 15.4. The Bertz CT molecular complexity index is 1160. The van der Waals surface area contributed by atoms with Gasteiger partial charge < -0.3 is 15.0 Å². The zero-order chi connectivity index (χ0) is 18.4. The van der Waals surface area contributed by atoms with Gasteiger partial charge in [-0.1, -0.05) is 45.9 Å². The summed E-state index contributed by atoms with van der Waals surface area (Å²) in [5.41, 5.74) is 4.51. The minimum absolute atomic E-state index is 0.409. The molecule has 2 N–H and O–H groups in total. The molecule has 1 atom stereocenters. The molecule has 3 heterocycles. The van der Waals surface area contributed by atoms with E-state index in [0.29, 0.717) is 16.7 Å². The van der Waals surface area contributed by atoms with E-state index in [9.17, 15) is 0 Å². The maximum Gasteiger partial charge on any atom is 0.247 e. The van der Waals surface area contributed by atoms with Gasteiger partial charge in [-0.3, -0.25) is 0 Å². The van der Waals surface area contributed by atoms with Gasteiger partial charge in [-0.25, -0.2) is 0 Å². The van der Waals surface area contributed by atoms with Crippen molar-refractivity contribution in [3.05, 3.63) is 58.7 Å². The SMILES string of the molecule is CSc1nnc2c(n1)O[C@@H](c1c[nH]c3ccccc13)Nc1ccc(Br)cc1-2. The van der Waals surface area contributed by atoms with Gasteiger partial charge >= 0.3 is 0 Å². The van der Waals surface area contributed by atoms with Gasteiger partial charge in [-0.05, 0) is 30.5 Å². The van der Waals surface area contributed by atoms with E-state index in [4.69, 9.17) is 4.74 Å². The third kappa shape index (κ3) is 2.85. The zero-order valence-corrected chi connectivity index (χ0v) is 16.6. The van der Waals surface area contributed by atoms with Crippen LogP contribution in [-0.4, -0.2) is 26.4 Å². The number of hydrogen-bond donors (Lipinski definition) is 2. The number of ether oxygens (including phenoxy) is 1. The lowest BCUT2D eigenvalue weighted by Crippen LogP contribution is -2.16. The van der Waals surface area contributed by atoms with E-state index in [2.05, 4.69) is 47.5 Å². The van der Waals surface area contributed by atoms with Crippen LogP contribution in [-0.2, 0) is 0 Å². The molecule has 134 valence electrons. The number of halogens is 1. The van der Waals surface area contributed by atoms with Gasteiger partial charge in [-0.2, -0.15) is 4.98 Å². The summed E-state index contributed by atoms with van der Waals surface area (Å²) in [4.78, 5) is 7.87. The number of aromatic nitrogens is 4. The second-order valence-corrected chi connectivity index (χ2v) is 7.76. The topological polar surface area (TPSA) is 75.7 Å². The smallest absolute Gasteiger partial charge is 0.247 e. The highest BCUT2D eigenvalue weighted by atomic mass is 79.9. The van der Waals surface area contributed by atoms with Gasteiger partial charge in [0.05, 0.1) is 0 Å². The summed E-state index contributed by atoms with van der Waals surface area (Å²) in [5.74, 6) is 0.467. The molecular weight excluding hydrogens is 426 g/mol. The Labute approximate surface area is 167 Å². The minimum Gasteiger partial charge on any atom is -0.448 e. The first-order valence-corrected chi connectivity index (χ1v) is 10.3. The summed E-state index contributed by atoms with van der Waals surface area (Å²) in [6.07, 6.45) is 3.48. The van der Waals surface area contributed by atoms with Crippen LogP contribution in [0.4, 0.5) is 5.69 Å². The molecule has 8 heteroatoms. The molecule has 0 saturated heterocycles. The van der Waals surface area contributed by atoms with E-state index in [1.165, 1.54) is 11.8 Å². The highest BCUT2D eigenvalue weighted by molar-refractivity contribution is 9.10. The van der Waals surface area contributed by atoms with Crippen molar-refractivity contribution in [2.45, 2.75) is 11.4 Å². The van der Waals surface area contributed by atoms with Crippen LogP contribution in [0, 0.1) is 0 Å². The maximum atomic E-state index is 6.30. The number of benzene rings is 2. The summed E-state index contributed by atoms with van der Waals surface area (Å²) < 4.78 is 7.25. The van der Waals surface area contributed by atoms with Crippen LogP contribution in [0.1, 0.15) is 11.8 Å². The summed E-state index contributed by atoms with van der Waals surface area (Å²) in [5, 5.41) is 13.7. The monoisotopic (exact) mass is 439 g/mol. The number of nitrogens with one attached hydrogen (secondary N) is 2. The molecule has 27 heavy (non-hydrogen) atoms. The maximum absolute atomic E-state index is 6.30. The van der Waals surface area contributed by atoms with Crippen molar-refractivity contribution in [2.24, 2.45) is 0 Å². The number of H-pyrrole nitrogens is 1. The van der Waals surface area contributed by atoms with Gasteiger partial charge in [0.15, 0.2) is 11.9 Å². The van der Waals surface area contributed by atoms with Crippen LogP contribution >= 0.6 is 27.7 Å². The number of para-hydroxylation sites is 1. The molecule has 1 aliphatic rings. The first-order chi connectivity index (χ1) is 13.2. The zero-order valence-electron chi connectivity index (χ0n) is 14.2. The number of hydrogen-bond acceptors (Lipinski definition) is 6. The third-order valence-corrected chi connectivity index (χ3v) is 5.51. The van der Waals surface area contributed by atoms with E-state index < -0.39 is 6.23 Å².